The number of rotatable bonds is 5. The van der Waals surface area contributed by atoms with E-state index in [0.717, 1.165) is 12.8 Å². The van der Waals surface area contributed by atoms with Crippen molar-refractivity contribution < 1.29 is 14.3 Å². The molecule has 4 nitrogen and oxygen atoms in total. The van der Waals surface area contributed by atoms with Gasteiger partial charge in [-0.2, -0.15) is 0 Å². The summed E-state index contributed by atoms with van der Waals surface area (Å²) in [6.07, 6.45) is 6.78. The Labute approximate surface area is 118 Å². The predicted octanol–water partition coefficient (Wildman–Crippen LogP) is 3.16. The number of benzene rings is 1. The zero-order valence-corrected chi connectivity index (χ0v) is 11.6. The first-order chi connectivity index (χ1) is 9.69. The second kappa shape index (κ2) is 6.89. The van der Waals surface area contributed by atoms with Gasteiger partial charge in [0.05, 0.1) is 12.2 Å². The summed E-state index contributed by atoms with van der Waals surface area (Å²) in [4.78, 5) is 23.5. The molecule has 1 N–H and O–H groups in total. The lowest BCUT2D eigenvalue weighted by Crippen LogP contribution is -2.15. The molecule has 0 fully saturated rings. The molecule has 106 valence electrons. The van der Waals surface area contributed by atoms with Crippen LogP contribution in [0.3, 0.4) is 0 Å². The maximum atomic E-state index is 11.9. The molecule has 4 heteroatoms. The summed E-state index contributed by atoms with van der Waals surface area (Å²) in [7, 11) is 0. The number of ether oxygens (including phenoxy) is 1. The number of carbonyl (C=O) groups is 2. The zero-order valence-electron chi connectivity index (χ0n) is 11.6. The van der Waals surface area contributed by atoms with Crippen LogP contribution in [0, 0.1) is 5.92 Å². The summed E-state index contributed by atoms with van der Waals surface area (Å²) in [5.41, 5.74) is 1.08. The number of hydrogen-bond donors (Lipinski definition) is 1. The quantitative estimate of drug-likeness (QED) is 0.662. The number of nitrogens with one attached hydrogen (secondary N) is 1. The number of amides is 1. The lowest BCUT2D eigenvalue weighted by molar-refractivity contribution is -0.116. The van der Waals surface area contributed by atoms with Gasteiger partial charge in [0.2, 0.25) is 5.91 Å². The Hall–Kier alpha value is -2.10. The summed E-state index contributed by atoms with van der Waals surface area (Å²) in [6, 6.07) is 6.82. The van der Waals surface area contributed by atoms with E-state index < -0.39 is 0 Å². The van der Waals surface area contributed by atoms with Crippen molar-refractivity contribution in [1.29, 1.82) is 0 Å². The maximum Gasteiger partial charge on any atom is 0.338 e. The van der Waals surface area contributed by atoms with E-state index in [1.54, 1.807) is 31.2 Å². The van der Waals surface area contributed by atoms with Gasteiger partial charge in [0.1, 0.15) is 0 Å². The molecule has 0 bridgehead atoms. The van der Waals surface area contributed by atoms with E-state index in [-0.39, 0.29) is 11.9 Å². The minimum absolute atomic E-state index is 0.0254. The molecule has 1 unspecified atom stereocenters. The molecule has 0 spiro atoms. The number of allylic oxidation sites excluding steroid dienone is 2. The summed E-state index contributed by atoms with van der Waals surface area (Å²) in [5, 5.41) is 2.83. The first kappa shape index (κ1) is 14.3. The van der Waals surface area contributed by atoms with Gasteiger partial charge in [0.25, 0.3) is 0 Å². The van der Waals surface area contributed by atoms with Crippen LogP contribution >= 0.6 is 0 Å². The van der Waals surface area contributed by atoms with Gasteiger partial charge in [-0.25, -0.2) is 4.79 Å². The number of anilines is 1. The topological polar surface area (TPSA) is 55.4 Å². The molecule has 1 aliphatic rings. The van der Waals surface area contributed by atoms with Gasteiger partial charge in [0.15, 0.2) is 0 Å². The van der Waals surface area contributed by atoms with Crippen LogP contribution in [-0.2, 0) is 9.53 Å². The van der Waals surface area contributed by atoms with Gasteiger partial charge >= 0.3 is 5.97 Å². The third kappa shape index (κ3) is 3.95. The highest BCUT2D eigenvalue weighted by atomic mass is 16.5. The van der Waals surface area contributed by atoms with E-state index in [9.17, 15) is 9.59 Å². The molecule has 2 rings (SSSR count). The lowest BCUT2D eigenvalue weighted by Gasteiger charge is -2.09. The highest BCUT2D eigenvalue weighted by Crippen LogP contribution is 2.21. The molecule has 0 saturated heterocycles. The van der Waals surface area contributed by atoms with E-state index in [2.05, 4.69) is 17.5 Å². The molecular formula is C16H19NO3. The normalized spacial score (nSPS) is 16.9. The molecule has 1 atom stereocenters. The van der Waals surface area contributed by atoms with Crippen molar-refractivity contribution in [2.75, 3.05) is 11.9 Å². The van der Waals surface area contributed by atoms with Gasteiger partial charge in [0, 0.05) is 12.1 Å². The molecule has 0 radical (unpaired) electrons. The average Bonchev–Trinajstić information content (AvgIpc) is 2.92. The van der Waals surface area contributed by atoms with Crippen LogP contribution in [0.1, 0.15) is 36.5 Å². The summed E-state index contributed by atoms with van der Waals surface area (Å²) >= 11 is 0. The minimum Gasteiger partial charge on any atom is -0.462 e. The van der Waals surface area contributed by atoms with Crippen molar-refractivity contribution in [3.05, 3.63) is 42.0 Å². The SMILES string of the molecule is CCOC(=O)c1cccc(NC(=O)CC2C=CCC2)c1. The van der Waals surface area contributed by atoms with Crippen LogP contribution in [0.5, 0.6) is 0 Å². The van der Waals surface area contributed by atoms with Crippen LogP contribution in [-0.4, -0.2) is 18.5 Å². The van der Waals surface area contributed by atoms with Gasteiger partial charge in [-0.05, 0) is 43.9 Å². The fourth-order valence-electron chi connectivity index (χ4n) is 2.25. The molecule has 20 heavy (non-hydrogen) atoms. The monoisotopic (exact) mass is 273 g/mol. The fraction of sp³-hybridized carbons (Fsp3) is 0.375. The molecule has 0 aromatic heterocycles. The van der Waals surface area contributed by atoms with Crippen molar-refractivity contribution in [3.8, 4) is 0 Å². The Morgan fingerprint density at radius 3 is 2.95 bits per heavy atom. The summed E-state index contributed by atoms with van der Waals surface area (Å²) < 4.78 is 4.93. The first-order valence-corrected chi connectivity index (χ1v) is 6.92. The van der Waals surface area contributed by atoms with E-state index in [1.165, 1.54) is 0 Å². The third-order valence-corrected chi connectivity index (χ3v) is 3.22. The second-order valence-electron chi connectivity index (χ2n) is 4.82. The third-order valence-electron chi connectivity index (χ3n) is 3.22. The summed E-state index contributed by atoms with van der Waals surface area (Å²) in [6.45, 7) is 2.10. The highest BCUT2D eigenvalue weighted by Gasteiger charge is 2.14. The Morgan fingerprint density at radius 2 is 2.25 bits per heavy atom. The van der Waals surface area contributed by atoms with Crippen LogP contribution in [0.4, 0.5) is 5.69 Å². The van der Waals surface area contributed by atoms with Crippen molar-refractivity contribution in [2.24, 2.45) is 5.92 Å². The molecule has 1 amide bonds. The lowest BCUT2D eigenvalue weighted by atomic mass is 10.0. The number of esters is 1. The van der Waals surface area contributed by atoms with Crippen LogP contribution in [0.25, 0.3) is 0 Å². The standard InChI is InChI=1S/C16H19NO3/c1-2-20-16(19)13-8-5-9-14(11-13)17-15(18)10-12-6-3-4-7-12/h3,5-6,8-9,11-12H,2,4,7,10H2,1H3,(H,17,18). The molecule has 0 aliphatic heterocycles. The Kier molecular flexibility index (Phi) is 4.93. The van der Waals surface area contributed by atoms with Gasteiger partial charge in [-0.3, -0.25) is 4.79 Å². The van der Waals surface area contributed by atoms with E-state index in [4.69, 9.17) is 4.74 Å². The molecule has 1 aromatic rings. The van der Waals surface area contributed by atoms with Crippen molar-refractivity contribution in [3.63, 3.8) is 0 Å². The van der Waals surface area contributed by atoms with Gasteiger partial charge in [-0.15, -0.1) is 0 Å². The smallest absolute Gasteiger partial charge is 0.338 e. The van der Waals surface area contributed by atoms with E-state index >= 15 is 0 Å². The predicted molar refractivity (Wildman–Crippen MR) is 77.5 cm³/mol. The van der Waals surface area contributed by atoms with Crippen molar-refractivity contribution in [1.82, 2.24) is 0 Å². The average molecular weight is 273 g/mol. The Morgan fingerprint density at radius 1 is 1.40 bits per heavy atom. The molecule has 1 aliphatic carbocycles. The summed E-state index contributed by atoms with van der Waals surface area (Å²) in [5.74, 6) is -0.0619. The van der Waals surface area contributed by atoms with Crippen LogP contribution in [0.2, 0.25) is 0 Å². The molecule has 0 saturated carbocycles. The van der Waals surface area contributed by atoms with Crippen LogP contribution in [0.15, 0.2) is 36.4 Å². The molecular weight excluding hydrogens is 254 g/mol. The highest BCUT2D eigenvalue weighted by molar-refractivity contribution is 5.94. The first-order valence-electron chi connectivity index (χ1n) is 6.92. The number of carbonyl (C=O) groups excluding carboxylic acids is 2. The van der Waals surface area contributed by atoms with Gasteiger partial charge < -0.3 is 10.1 Å². The maximum absolute atomic E-state index is 11.9. The Balaban J connectivity index is 1.95. The van der Waals surface area contributed by atoms with Crippen molar-refractivity contribution in [2.45, 2.75) is 26.2 Å². The van der Waals surface area contributed by atoms with Gasteiger partial charge in [-0.1, -0.05) is 18.2 Å². The van der Waals surface area contributed by atoms with E-state index in [0.29, 0.717) is 30.2 Å². The molecule has 1 aromatic carbocycles. The fourth-order valence-corrected chi connectivity index (χ4v) is 2.25. The van der Waals surface area contributed by atoms with E-state index in [1.807, 2.05) is 0 Å². The zero-order chi connectivity index (χ0) is 14.4. The van der Waals surface area contributed by atoms with Crippen molar-refractivity contribution >= 4 is 17.6 Å². The largest absolute Gasteiger partial charge is 0.462 e. The second-order valence-corrected chi connectivity index (χ2v) is 4.82. The minimum atomic E-state index is -0.373. The van der Waals surface area contributed by atoms with Crippen LogP contribution < -0.4 is 5.32 Å². The number of hydrogen-bond acceptors (Lipinski definition) is 3. The molecule has 0 heterocycles. The Bertz CT molecular complexity index is 522.